The first-order valence-electron chi connectivity index (χ1n) is 7.71. The number of aromatic nitrogens is 2. The highest BCUT2D eigenvalue weighted by molar-refractivity contribution is 7.10. The molecule has 112 valence electrons. The van der Waals surface area contributed by atoms with Gasteiger partial charge < -0.3 is 9.30 Å². The van der Waals surface area contributed by atoms with Crippen LogP contribution in [-0.4, -0.2) is 28.3 Å². The van der Waals surface area contributed by atoms with Crippen molar-refractivity contribution >= 4 is 11.3 Å². The minimum absolute atomic E-state index is 0.165. The van der Waals surface area contributed by atoms with Crippen LogP contribution in [0.4, 0.5) is 0 Å². The van der Waals surface area contributed by atoms with E-state index in [4.69, 9.17) is 4.74 Å². The quantitative estimate of drug-likeness (QED) is 0.923. The second-order valence-corrected chi connectivity index (χ2v) is 7.06. The van der Waals surface area contributed by atoms with Crippen LogP contribution in [0.2, 0.25) is 0 Å². The maximum absolute atomic E-state index is 5.97. The van der Waals surface area contributed by atoms with Crippen molar-refractivity contribution in [3.8, 4) is 0 Å². The van der Waals surface area contributed by atoms with Crippen molar-refractivity contribution in [2.24, 2.45) is 13.0 Å². The fraction of sp³-hybridized carbons (Fsp3) is 0.562. The summed E-state index contributed by atoms with van der Waals surface area (Å²) in [5, 5.41) is 5.97. The number of hydrogen-bond acceptors (Lipinski definition) is 4. The number of hydrogen-bond donors (Lipinski definition) is 1. The Labute approximate surface area is 129 Å². The van der Waals surface area contributed by atoms with Crippen molar-refractivity contribution in [3.05, 3.63) is 40.6 Å². The third-order valence-electron chi connectivity index (χ3n) is 4.55. The van der Waals surface area contributed by atoms with Gasteiger partial charge in [0, 0.05) is 37.0 Å². The molecule has 0 bridgehead atoms. The van der Waals surface area contributed by atoms with Gasteiger partial charge in [-0.1, -0.05) is 6.07 Å². The Morgan fingerprint density at radius 1 is 1.43 bits per heavy atom. The normalized spacial score (nSPS) is 27.1. The fourth-order valence-corrected chi connectivity index (χ4v) is 4.07. The summed E-state index contributed by atoms with van der Waals surface area (Å²) in [5.41, 5.74) is 0. The van der Waals surface area contributed by atoms with Crippen LogP contribution >= 0.6 is 11.3 Å². The van der Waals surface area contributed by atoms with Gasteiger partial charge in [0.25, 0.3) is 0 Å². The van der Waals surface area contributed by atoms with Crippen LogP contribution in [0.15, 0.2) is 29.9 Å². The molecule has 4 nitrogen and oxygen atoms in total. The van der Waals surface area contributed by atoms with Gasteiger partial charge in [-0.05, 0) is 36.6 Å². The molecule has 1 aliphatic carbocycles. The lowest BCUT2D eigenvalue weighted by Gasteiger charge is -2.25. The van der Waals surface area contributed by atoms with E-state index in [1.54, 1.807) is 11.3 Å². The Kier molecular flexibility index (Phi) is 3.57. The highest BCUT2D eigenvalue weighted by Crippen LogP contribution is 2.39. The van der Waals surface area contributed by atoms with Crippen LogP contribution in [0.25, 0.3) is 0 Å². The Morgan fingerprint density at radius 2 is 2.33 bits per heavy atom. The zero-order chi connectivity index (χ0) is 14.2. The summed E-state index contributed by atoms with van der Waals surface area (Å²) in [7, 11) is 2.06. The molecule has 3 heterocycles. The second-order valence-electron chi connectivity index (χ2n) is 6.08. The molecule has 0 radical (unpaired) electrons. The third kappa shape index (κ3) is 2.65. The molecule has 1 saturated carbocycles. The number of aryl methyl sites for hydroxylation is 1. The lowest BCUT2D eigenvalue weighted by Crippen LogP contribution is -2.40. The first kappa shape index (κ1) is 13.5. The van der Waals surface area contributed by atoms with E-state index in [0.717, 1.165) is 24.8 Å². The van der Waals surface area contributed by atoms with Gasteiger partial charge in [-0.25, -0.2) is 4.98 Å². The molecule has 2 aromatic heterocycles. The summed E-state index contributed by atoms with van der Waals surface area (Å²) in [6, 6.07) is 4.92. The first-order chi connectivity index (χ1) is 10.3. The van der Waals surface area contributed by atoms with Crippen molar-refractivity contribution in [1.82, 2.24) is 14.9 Å². The Morgan fingerprint density at radius 3 is 3.00 bits per heavy atom. The van der Waals surface area contributed by atoms with Crippen molar-refractivity contribution in [1.29, 1.82) is 0 Å². The average molecular weight is 303 g/mol. The predicted octanol–water partition coefficient (Wildman–Crippen LogP) is 2.73. The Hall–Kier alpha value is -1.17. The molecule has 1 N–H and O–H groups in total. The Bertz CT molecular complexity index is 590. The van der Waals surface area contributed by atoms with Gasteiger partial charge in [0.15, 0.2) is 0 Å². The highest BCUT2D eigenvalue weighted by Gasteiger charge is 2.41. The number of rotatable bonds is 5. The summed E-state index contributed by atoms with van der Waals surface area (Å²) in [4.78, 5) is 5.89. The molecule has 21 heavy (non-hydrogen) atoms. The van der Waals surface area contributed by atoms with Crippen LogP contribution in [0.1, 0.15) is 36.0 Å². The molecule has 0 spiro atoms. The molecule has 2 aliphatic rings. The first-order valence-corrected chi connectivity index (χ1v) is 8.59. The second kappa shape index (κ2) is 5.55. The molecule has 1 aliphatic heterocycles. The number of imidazole rings is 1. The molecule has 1 saturated heterocycles. The lowest BCUT2D eigenvalue weighted by molar-refractivity contribution is 0.0796. The summed E-state index contributed by atoms with van der Waals surface area (Å²) in [6.45, 7) is 0.885. The van der Waals surface area contributed by atoms with Crippen LogP contribution < -0.4 is 5.32 Å². The summed E-state index contributed by atoms with van der Waals surface area (Å²) >= 11 is 1.79. The van der Waals surface area contributed by atoms with Gasteiger partial charge in [0.2, 0.25) is 0 Å². The summed E-state index contributed by atoms with van der Waals surface area (Å²) in [6.07, 6.45) is 8.05. The maximum Gasteiger partial charge on any atom is 0.131 e. The van der Waals surface area contributed by atoms with Crippen LogP contribution in [0.3, 0.4) is 0 Å². The molecule has 4 rings (SSSR count). The van der Waals surface area contributed by atoms with Crippen molar-refractivity contribution in [3.63, 3.8) is 0 Å². The van der Waals surface area contributed by atoms with Gasteiger partial charge in [-0.15, -0.1) is 11.3 Å². The van der Waals surface area contributed by atoms with E-state index in [-0.39, 0.29) is 6.04 Å². The zero-order valence-electron chi connectivity index (χ0n) is 12.2. The molecule has 3 atom stereocenters. The molecule has 5 heteroatoms. The van der Waals surface area contributed by atoms with Gasteiger partial charge in [-0.3, -0.25) is 5.32 Å². The third-order valence-corrected chi connectivity index (χ3v) is 5.48. The molecule has 2 fully saturated rings. The van der Waals surface area contributed by atoms with E-state index in [0.29, 0.717) is 12.1 Å². The molecule has 3 unspecified atom stereocenters. The van der Waals surface area contributed by atoms with Crippen molar-refractivity contribution in [2.45, 2.75) is 37.5 Å². The van der Waals surface area contributed by atoms with E-state index in [1.807, 2.05) is 12.4 Å². The summed E-state index contributed by atoms with van der Waals surface area (Å²) < 4.78 is 8.08. The van der Waals surface area contributed by atoms with Gasteiger partial charge in [0.1, 0.15) is 11.9 Å². The fourth-order valence-electron chi connectivity index (χ4n) is 3.29. The van der Waals surface area contributed by atoms with E-state index in [2.05, 4.69) is 39.4 Å². The van der Waals surface area contributed by atoms with Gasteiger partial charge in [0.05, 0.1) is 6.10 Å². The molecule has 2 aromatic rings. The number of ether oxygens (including phenoxy) is 1. The van der Waals surface area contributed by atoms with Crippen molar-refractivity contribution in [2.75, 3.05) is 6.61 Å². The van der Waals surface area contributed by atoms with Crippen LogP contribution in [0.5, 0.6) is 0 Å². The van der Waals surface area contributed by atoms with Crippen LogP contribution in [-0.2, 0) is 11.8 Å². The number of thiophene rings is 1. The molecular formula is C16H21N3OS. The molecule has 0 aromatic carbocycles. The standard InChI is InChI=1S/C16H21N3OS/c1-19-8-7-17-16(19)14(13-3-2-10-21-13)18-12-6-9-20-15(12)11-4-5-11/h2-3,7-8,10-12,14-15,18H,4-6,9H2,1H3. The minimum atomic E-state index is 0.165. The monoisotopic (exact) mass is 303 g/mol. The largest absolute Gasteiger partial charge is 0.376 e. The molecular weight excluding hydrogens is 282 g/mol. The molecule has 0 amide bonds. The van der Waals surface area contributed by atoms with E-state index in [9.17, 15) is 0 Å². The summed E-state index contributed by atoms with van der Waals surface area (Å²) in [5.74, 6) is 1.86. The Balaban J connectivity index is 1.59. The number of nitrogens with one attached hydrogen (secondary N) is 1. The minimum Gasteiger partial charge on any atom is -0.376 e. The van der Waals surface area contributed by atoms with Gasteiger partial charge in [-0.2, -0.15) is 0 Å². The predicted molar refractivity (Wildman–Crippen MR) is 83.4 cm³/mol. The SMILES string of the molecule is Cn1ccnc1C(NC1CCOC1C1CC1)c1cccs1. The van der Waals surface area contributed by atoms with E-state index < -0.39 is 0 Å². The average Bonchev–Trinajstić information content (AvgIpc) is 2.93. The van der Waals surface area contributed by atoms with Crippen LogP contribution in [0, 0.1) is 5.92 Å². The maximum atomic E-state index is 5.97. The smallest absolute Gasteiger partial charge is 0.131 e. The number of nitrogens with zero attached hydrogens (tertiary/aromatic N) is 2. The lowest BCUT2D eigenvalue weighted by atomic mass is 10.0. The highest BCUT2D eigenvalue weighted by atomic mass is 32.1. The topological polar surface area (TPSA) is 39.1 Å². The zero-order valence-corrected chi connectivity index (χ0v) is 13.1. The van der Waals surface area contributed by atoms with Gasteiger partial charge >= 0.3 is 0 Å². The van der Waals surface area contributed by atoms with E-state index >= 15 is 0 Å². The van der Waals surface area contributed by atoms with E-state index in [1.165, 1.54) is 17.7 Å². The van der Waals surface area contributed by atoms with Crippen molar-refractivity contribution < 1.29 is 4.74 Å².